The van der Waals surface area contributed by atoms with E-state index in [1.807, 2.05) is 6.92 Å². The van der Waals surface area contributed by atoms with Crippen molar-refractivity contribution < 1.29 is 22.7 Å². The Morgan fingerprint density at radius 2 is 2.03 bits per heavy atom. The second-order valence-corrected chi connectivity index (χ2v) is 11.2. The van der Waals surface area contributed by atoms with Crippen LogP contribution in [0.25, 0.3) is 0 Å². The van der Waals surface area contributed by atoms with Crippen LogP contribution in [0.4, 0.5) is 14.5 Å². The number of amides is 1. The number of carbonyl (C=O) groups is 1. The quantitative estimate of drug-likeness (QED) is 0.485. The third-order valence-electron chi connectivity index (χ3n) is 5.68. The smallest absolute Gasteiger partial charge is 0.274 e. The van der Waals surface area contributed by atoms with E-state index in [0.29, 0.717) is 17.0 Å². The summed E-state index contributed by atoms with van der Waals surface area (Å²) in [6, 6.07) is 5.21. The summed E-state index contributed by atoms with van der Waals surface area (Å²) >= 11 is 5.94. The number of aryl methyl sites for hydroxylation is 1. The molecule has 1 atom stereocenters. The highest BCUT2D eigenvalue weighted by Gasteiger charge is 2.51. The van der Waals surface area contributed by atoms with Gasteiger partial charge in [0.2, 0.25) is 0 Å². The molecule has 11 heteroatoms. The van der Waals surface area contributed by atoms with Crippen molar-refractivity contribution in [1.82, 2.24) is 4.98 Å². The Morgan fingerprint density at radius 1 is 1.34 bits per heavy atom. The number of aromatic nitrogens is 1. The normalized spacial score (nSPS) is 22.7. The molecule has 1 amide bonds. The Morgan fingerprint density at radius 3 is 2.62 bits per heavy atom. The van der Waals surface area contributed by atoms with Gasteiger partial charge in [0.25, 0.3) is 5.91 Å². The van der Waals surface area contributed by atoms with Crippen molar-refractivity contribution in [1.29, 1.82) is 0 Å². The van der Waals surface area contributed by atoms with Gasteiger partial charge in [-0.2, -0.15) is 10.6 Å². The van der Waals surface area contributed by atoms with Crippen molar-refractivity contribution in [2.75, 3.05) is 17.7 Å². The first-order valence-corrected chi connectivity index (χ1v) is 11.9. The van der Waals surface area contributed by atoms with Crippen LogP contribution in [0.3, 0.4) is 0 Å². The van der Waals surface area contributed by atoms with E-state index in [4.69, 9.17) is 17.3 Å². The summed E-state index contributed by atoms with van der Waals surface area (Å²) in [7, 11) is -3.46. The maximum absolute atomic E-state index is 14.8. The van der Waals surface area contributed by atoms with Crippen LogP contribution in [0.5, 0.6) is 0 Å². The predicted octanol–water partition coefficient (Wildman–Crippen LogP) is 4.75. The number of anilines is 1. The first-order valence-electron chi connectivity index (χ1n) is 9.80. The van der Waals surface area contributed by atoms with E-state index in [1.54, 1.807) is 6.07 Å². The number of nitrogens with two attached hydrogens (primary N) is 1. The molecule has 32 heavy (non-hydrogen) atoms. The highest BCUT2D eigenvalue weighted by molar-refractivity contribution is 8.26. The van der Waals surface area contributed by atoms with Crippen LogP contribution in [-0.2, 0) is 12.0 Å². The van der Waals surface area contributed by atoms with Crippen molar-refractivity contribution in [2.45, 2.75) is 37.5 Å². The zero-order valence-corrected chi connectivity index (χ0v) is 19.4. The molecular formula is C21H25ClF2N4O3S. The maximum Gasteiger partial charge on any atom is 0.274 e. The number of nitrogens with zero attached hydrogens (tertiary/aromatic N) is 2. The van der Waals surface area contributed by atoms with E-state index < -0.39 is 45.0 Å². The second kappa shape index (κ2) is 8.58. The Balaban J connectivity index is 2.02. The fourth-order valence-corrected chi connectivity index (χ4v) is 5.35. The van der Waals surface area contributed by atoms with Gasteiger partial charge in [-0.05, 0) is 50.1 Å². The summed E-state index contributed by atoms with van der Waals surface area (Å²) in [6.07, 6.45) is 1.85. The molecule has 2 heterocycles. The number of aliphatic imine (C=N–C) groups is 1. The molecular weight excluding hydrogens is 462 g/mol. The molecule has 0 spiro atoms. The number of pyridine rings is 1. The third-order valence-corrected chi connectivity index (χ3v) is 8.62. The number of carbonyl (C=O) groups excluding carboxylic acids is 1. The molecule has 1 aliphatic heterocycles. The summed E-state index contributed by atoms with van der Waals surface area (Å²) in [5.74, 6) is -2.10. The van der Waals surface area contributed by atoms with E-state index in [9.17, 15) is 22.7 Å². The first-order chi connectivity index (χ1) is 14.9. The minimum absolute atomic E-state index is 0.152. The van der Waals surface area contributed by atoms with Crippen molar-refractivity contribution in [3.63, 3.8) is 0 Å². The lowest BCUT2D eigenvalue weighted by atomic mass is 9.92. The number of benzene rings is 1. The second-order valence-electron chi connectivity index (χ2n) is 8.15. The SMILES string of the molecule is CCc1cc(Cl)cnc1C(=O)Nc1ccc(F)c([C@@]2(CF)CS(O)(O)C(C)(C)C(N)=N2)c1. The van der Waals surface area contributed by atoms with E-state index in [1.165, 1.54) is 32.2 Å². The molecule has 0 saturated heterocycles. The van der Waals surface area contributed by atoms with Crippen LogP contribution in [0, 0.1) is 5.82 Å². The molecule has 0 fully saturated rings. The molecule has 174 valence electrons. The van der Waals surface area contributed by atoms with Gasteiger partial charge in [0.15, 0.2) is 0 Å². The van der Waals surface area contributed by atoms with Gasteiger partial charge in [0.1, 0.15) is 34.3 Å². The van der Waals surface area contributed by atoms with Crippen molar-refractivity contribution in [2.24, 2.45) is 10.7 Å². The predicted molar refractivity (Wildman–Crippen MR) is 124 cm³/mol. The molecule has 0 saturated carbocycles. The highest BCUT2D eigenvalue weighted by Crippen LogP contribution is 2.59. The van der Waals surface area contributed by atoms with E-state index in [2.05, 4.69) is 15.3 Å². The fourth-order valence-electron chi connectivity index (χ4n) is 3.46. The van der Waals surface area contributed by atoms with E-state index in [0.717, 1.165) is 6.07 Å². The average Bonchev–Trinajstić information content (AvgIpc) is 2.73. The van der Waals surface area contributed by atoms with Crippen LogP contribution in [0.1, 0.15) is 42.4 Å². The van der Waals surface area contributed by atoms with E-state index >= 15 is 0 Å². The molecule has 0 aliphatic carbocycles. The first kappa shape index (κ1) is 24.4. The number of rotatable bonds is 5. The molecule has 1 aromatic carbocycles. The minimum Gasteiger partial charge on any atom is -0.386 e. The molecule has 1 aliphatic rings. The number of amidine groups is 1. The van der Waals surface area contributed by atoms with Gasteiger partial charge in [-0.3, -0.25) is 18.9 Å². The number of halogens is 3. The van der Waals surface area contributed by atoms with Gasteiger partial charge in [-0.15, -0.1) is 0 Å². The lowest BCUT2D eigenvalue weighted by Crippen LogP contribution is -2.53. The van der Waals surface area contributed by atoms with Crippen LogP contribution < -0.4 is 11.1 Å². The number of alkyl halides is 1. The Bertz CT molecular complexity index is 1100. The summed E-state index contributed by atoms with van der Waals surface area (Å²) in [5.41, 5.74) is 4.70. The van der Waals surface area contributed by atoms with Crippen molar-refractivity contribution in [3.8, 4) is 0 Å². The monoisotopic (exact) mass is 486 g/mol. The lowest BCUT2D eigenvalue weighted by molar-refractivity contribution is 0.102. The van der Waals surface area contributed by atoms with Crippen LogP contribution in [-0.4, -0.2) is 43.0 Å². The largest absolute Gasteiger partial charge is 0.386 e. The Labute approximate surface area is 191 Å². The van der Waals surface area contributed by atoms with Gasteiger partial charge in [-0.1, -0.05) is 18.5 Å². The highest BCUT2D eigenvalue weighted by atomic mass is 35.5. The molecule has 5 N–H and O–H groups in total. The van der Waals surface area contributed by atoms with Crippen LogP contribution in [0.2, 0.25) is 5.02 Å². The number of nitrogens with one attached hydrogen (secondary N) is 1. The van der Waals surface area contributed by atoms with Gasteiger partial charge in [0, 0.05) is 17.4 Å². The molecule has 3 rings (SSSR count). The molecule has 0 bridgehead atoms. The number of hydrogen-bond donors (Lipinski definition) is 4. The summed E-state index contributed by atoms with van der Waals surface area (Å²) < 4.78 is 49.1. The zero-order chi connectivity index (χ0) is 23.9. The zero-order valence-electron chi connectivity index (χ0n) is 17.8. The number of hydrogen-bond acceptors (Lipinski definition) is 6. The summed E-state index contributed by atoms with van der Waals surface area (Å²) in [4.78, 5) is 21.0. The third kappa shape index (κ3) is 4.19. The Hall–Kier alpha value is -2.27. The molecule has 7 nitrogen and oxygen atoms in total. The Kier molecular flexibility index (Phi) is 6.54. The van der Waals surface area contributed by atoms with Gasteiger partial charge < -0.3 is 11.1 Å². The lowest BCUT2D eigenvalue weighted by Gasteiger charge is -2.53. The molecule has 2 aromatic rings. The van der Waals surface area contributed by atoms with Crippen molar-refractivity contribution >= 4 is 39.6 Å². The van der Waals surface area contributed by atoms with Gasteiger partial charge in [-0.25, -0.2) is 13.8 Å². The molecule has 0 unspecified atom stereocenters. The fraction of sp³-hybridized carbons (Fsp3) is 0.381. The van der Waals surface area contributed by atoms with Crippen LogP contribution in [0.15, 0.2) is 35.5 Å². The van der Waals surface area contributed by atoms with E-state index in [-0.39, 0.29) is 22.8 Å². The van der Waals surface area contributed by atoms with Gasteiger partial charge >= 0.3 is 0 Å². The van der Waals surface area contributed by atoms with Crippen molar-refractivity contribution in [3.05, 3.63) is 58.1 Å². The minimum atomic E-state index is -3.46. The van der Waals surface area contributed by atoms with Gasteiger partial charge in [0.05, 0.1) is 10.8 Å². The summed E-state index contributed by atoms with van der Waals surface area (Å²) in [5, 5.41) is 3.01. The summed E-state index contributed by atoms with van der Waals surface area (Å²) in [6.45, 7) is 3.60. The average molecular weight is 487 g/mol. The topological polar surface area (TPSA) is 121 Å². The van der Waals surface area contributed by atoms with Crippen LogP contribution >= 0.6 is 22.2 Å². The molecule has 1 aromatic heterocycles. The maximum atomic E-state index is 14.8. The molecule has 0 radical (unpaired) electrons. The standard InChI is InChI=1S/C21H25ClF2N4O3S/c1-4-12-7-13(22)9-26-17(12)18(29)27-14-5-6-16(24)15(8-14)21(10-23)11-32(30,31)20(2,3)19(25)28-21/h5-9,30-31H,4,10-11H2,1-3H3,(H2,25,28)(H,27,29)/t21-/m1/s1.